The molecule has 1 aromatic heterocycles. The number of hydrogen-bond acceptors (Lipinski definition) is 5. The van der Waals surface area contributed by atoms with E-state index in [9.17, 15) is 14.7 Å². The molecular formula is C13H17NO5S. The standard InChI is InChI=1S/C13H17NO5S/c15-4-1-13(2-5-19-6-3-13)14-11(16)10-7-9(8-20-10)12(17)18/h7-8,15H,1-6H2,(H,14,16)(H,17,18). The Balaban J connectivity index is 2.09. The van der Waals surface area contributed by atoms with E-state index in [-0.39, 0.29) is 18.1 Å². The number of hydrogen-bond donors (Lipinski definition) is 3. The fourth-order valence-electron chi connectivity index (χ4n) is 2.28. The maximum atomic E-state index is 12.2. The molecule has 0 aromatic carbocycles. The molecule has 6 nitrogen and oxygen atoms in total. The van der Waals surface area contributed by atoms with Crippen molar-refractivity contribution in [1.82, 2.24) is 5.32 Å². The molecule has 0 aliphatic carbocycles. The first-order valence-electron chi connectivity index (χ1n) is 6.39. The third kappa shape index (κ3) is 3.36. The van der Waals surface area contributed by atoms with Crippen LogP contribution in [0.3, 0.4) is 0 Å². The van der Waals surface area contributed by atoms with E-state index in [1.807, 2.05) is 0 Å². The van der Waals surface area contributed by atoms with Gasteiger partial charge in [-0.25, -0.2) is 4.79 Å². The molecule has 7 heteroatoms. The molecule has 0 spiro atoms. The molecule has 1 amide bonds. The van der Waals surface area contributed by atoms with Crippen molar-refractivity contribution in [3.8, 4) is 0 Å². The number of carbonyl (C=O) groups is 2. The molecule has 0 atom stereocenters. The van der Waals surface area contributed by atoms with E-state index in [1.165, 1.54) is 11.4 Å². The zero-order chi connectivity index (χ0) is 14.6. The Morgan fingerprint density at radius 2 is 2.10 bits per heavy atom. The van der Waals surface area contributed by atoms with E-state index in [1.54, 1.807) is 0 Å². The summed E-state index contributed by atoms with van der Waals surface area (Å²) in [6, 6.07) is 1.37. The first kappa shape index (κ1) is 15.0. The van der Waals surface area contributed by atoms with Gasteiger partial charge in [0.1, 0.15) is 0 Å². The predicted molar refractivity (Wildman–Crippen MR) is 73.2 cm³/mol. The Morgan fingerprint density at radius 1 is 1.40 bits per heavy atom. The minimum absolute atomic E-state index is 0.00883. The molecule has 1 saturated heterocycles. The van der Waals surface area contributed by atoms with Crippen LogP contribution in [0.1, 0.15) is 39.3 Å². The summed E-state index contributed by atoms with van der Waals surface area (Å²) in [6.45, 7) is 1.08. The molecule has 0 unspecified atom stereocenters. The number of nitrogens with one attached hydrogen (secondary N) is 1. The van der Waals surface area contributed by atoms with E-state index in [4.69, 9.17) is 9.84 Å². The van der Waals surface area contributed by atoms with Gasteiger partial charge >= 0.3 is 5.97 Å². The molecule has 1 aromatic rings. The molecule has 3 N–H and O–H groups in total. The van der Waals surface area contributed by atoms with Crippen LogP contribution in [0.25, 0.3) is 0 Å². The topological polar surface area (TPSA) is 95.9 Å². The number of aromatic carboxylic acids is 1. The van der Waals surface area contributed by atoms with Crippen molar-refractivity contribution >= 4 is 23.2 Å². The summed E-state index contributed by atoms with van der Waals surface area (Å²) < 4.78 is 5.29. The van der Waals surface area contributed by atoms with Crippen LogP contribution in [-0.2, 0) is 4.74 Å². The van der Waals surface area contributed by atoms with Crippen LogP contribution in [0.2, 0.25) is 0 Å². The van der Waals surface area contributed by atoms with Gasteiger partial charge in [-0.3, -0.25) is 4.79 Å². The Labute approximate surface area is 120 Å². The van der Waals surface area contributed by atoms with Crippen LogP contribution in [0, 0.1) is 0 Å². The molecule has 2 rings (SSSR count). The normalized spacial score (nSPS) is 17.6. The van der Waals surface area contributed by atoms with Crippen LogP contribution < -0.4 is 5.32 Å². The number of thiophene rings is 1. The molecule has 110 valence electrons. The van der Waals surface area contributed by atoms with E-state index in [2.05, 4.69) is 5.32 Å². The van der Waals surface area contributed by atoms with Crippen LogP contribution in [0.15, 0.2) is 11.4 Å². The molecule has 0 radical (unpaired) electrons. The van der Waals surface area contributed by atoms with Crippen molar-refractivity contribution in [2.24, 2.45) is 0 Å². The van der Waals surface area contributed by atoms with Crippen molar-refractivity contribution in [1.29, 1.82) is 0 Å². The molecule has 1 aliphatic heterocycles. The summed E-state index contributed by atoms with van der Waals surface area (Å²) in [6.07, 6.45) is 1.77. The predicted octanol–water partition coefficient (Wildman–Crippen LogP) is 1.11. The third-order valence-corrected chi connectivity index (χ3v) is 4.42. The van der Waals surface area contributed by atoms with Crippen LogP contribution in [-0.4, -0.2) is 47.4 Å². The Bertz CT molecular complexity index is 487. The quantitative estimate of drug-likeness (QED) is 0.757. The number of aliphatic hydroxyl groups excluding tert-OH is 1. The summed E-state index contributed by atoms with van der Waals surface area (Å²) in [5.74, 6) is -1.34. The minimum atomic E-state index is -1.04. The van der Waals surface area contributed by atoms with Gasteiger partial charge in [-0.1, -0.05) is 0 Å². The van der Waals surface area contributed by atoms with Gasteiger partial charge in [0.05, 0.1) is 10.4 Å². The molecule has 0 saturated carbocycles. The summed E-state index contributed by atoms with van der Waals surface area (Å²) >= 11 is 1.10. The zero-order valence-electron chi connectivity index (χ0n) is 10.9. The average molecular weight is 299 g/mol. The zero-order valence-corrected chi connectivity index (χ0v) is 11.7. The largest absolute Gasteiger partial charge is 0.478 e. The highest BCUT2D eigenvalue weighted by Crippen LogP contribution is 2.25. The van der Waals surface area contributed by atoms with Gasteiger partial charge in [-0.05, 0) is 25.3 Å². The smallest absolute Gasteiger partial charge is 0.336 e. The summed E-state index contributed by atoms with van der Waals surface area (Å²) in [5.41, 5.74) is -0.347. The van der Waals surface area contributed by atoms with Crippen molar-refractivity contribution in [3.63, 3.8) is 0 Å². The minimum Gasteiger partial charge on any atom is -0.478 e. The number of aliphatic hydroxyl groups is 1. The maximum absolute atomic E-state index is 12.2. The van der Waals surface area contributed by atoms with E-state index in [0.717, 1.165) is 11.3 Å². The number of ether oxygens (including phenoxy) is 1. The molecule has 20 heavy (non-hydrogen) atoms. The lowest BCUT2D eigenvalue weighted by molar-refractivity contribution is 0.0268. The van der Waals surface area contributed by atoms with E-state index in [0.29, 0.717) is 37.4 Å². The van der Waals surface area contributed by atoms with E-state index < -0.39 is 11.5 Å². The number of carboxylic acids is 1. The monoisotopic (exact) mass is 299 g/mol. The summed E-state index contributed by atoms with van der Waals surface area (Å²) in [4.78, 5) is 23.4. The molecule has 2 heterocycles. The Kier molecular flexibility index (Phi) is 4.74. The lowest BCUT2D eigenvalue weighted by atomic mass is 9.86. The summed E-state index contributed by atoms with van der Waals surface area (Å²) in [7, 11) is 0. The van der Waals surface area contributed by atoms with Gasteiger partial charge in [0.25, 0.3) is 5.91 Å². The number of rotatable bonds is 5. The van der Waals surface area contributed by atoms with Gasteiger partial charge in [-0.2, -0.15) is 0 Å². The first-order chi connectivity index (χ1) is 9.56. The van der Waals surface area contributed by atoms with Crippen molar-refractivity contribution < 1.29 is 24.5 Å². The second kappa shape index (κ2) is 6.34. The van der Waals surface area contributed by atoms with Crippen molar-refractivity contribution in [2.45, 2.75) is 24.8 Å². The van der Waals surface area contributed by atoms with Crippen LogP contribution in [0.5, 0.6) is 0 Å². The highest BCUT2D eigenvalue weighted by molar-refractivity contribution is 7.12. The Morgan fingerprint density at radius 3 is 2.65 bits per heavy atom. The average Bonchev–Trinajstić information content (AvgIpc) is 2.89. The number of carboxylic acid groups (broad SMARTS) is 1. The Hall–Kier alpha value is -1.44. The molecule has 0 bridgehead atoms. The van der Waals surface area contributed by atoms with Crippen LogP contribution in [0.4, 0.5) is 0 Å². The highest BCUT2D eigenvalue weighted by Gasteiger charge is 2.34. The second-order valence-corrected chi connectivity index (χ2v) is 5.74. The van der Waals surface area contributed by atoms with Gasteiger partial charge in [0.15, 0.2) is 0 Å². The third-order valence-electron chi connectivity index (χ3n) is 3.49. The first-order valence-corrected chi connectivity index (χ1v) is 7.27. The summed E-state index contributed by atoms with van der Waals surface area (Å²) in [5, 5.41) is 22.4. The lowest BCUT2D eigenvalue weighted by Gasteiger charge is -2.37. The van der Waals surface area contributed by atoms with Gasteiger partial charge in [0, 0.05) is 30.7 Å². The number of amides is 1. The fourth-order valence-corrected chi connectivity index (χ4v) is 3.06. The van der Waals surface area contributed by atoms with Gasteiger partial charge < -0.3 is 20.3 Å². The second-order valence-electron chi connectivity index (χ2n) is 4.83. The van der Waals surface area contributed by atoms with Crippen LogP contribution >= 0.6 is 11.3 Å². The molecule has 1 aliphatic rings. The maximum Gasteiger partial charge on any atom is 0.336 e. The fraction of sp³-hybridized carbons (Fsp3) is 0.538. The van der Waals surface area contributed by atoms with Crippen molar-refractivity contribution in [2.75, 3.05) is 19.8 Å². The molecular weight excluding hydrogens is 282 g/mol. The van der Waals surface area contributed by atoms with Gasteiger partial charge in [-0.15, -0.1) is 11.3 Å². The molecule has 1 fully saturated rings. The van der Waals surface area contributed by atoms with Crippen molar-refractivity contribution in [3.05, 3.63) is 21.9 Å². The number of carbonyl (C=O) groups excluding carboxylic acids is 1. The highest BCUT2D eigenvalue weighted by atomic mass is 32.1. The van der Waals surface area contributed by atoms with E-state index >= 15 is 0 Å². The van der Waals surface area contributed by atoms with Gasteiger partial charge in [0.2, 0.25) is 0 Å². The SMILES string of the molecule is O=C(O)c1csc(C(=O)NC2(CCO)CCOCC2)c1. The lowest BCUT2D eigenvalue weighted by Crippen LogP contribution is -2.52.